The van der Waals surface area contributed by atoms with Crippen LogP contribution in [0.5, 0.6) is 5.75 Å². The van der Waals surface area contributed by atoms with Gasteiger partial charge in [-0.25, -0.2) is 4.68 Å². The van der Waals surface area contributed by atoms with Gasteiger partial charge in [-0.15, -0.1) is 0 Å². The van der Waals surface area contributed by atoms with E-state index in [0.717, 1.165) is 23.7 Å². The van der Waals surface area contributed by atoms with Gasteiger partial charge >= 0.3 is 0 Å². The number of methoxy groups -OCH3 is 1. The maximum Gasteiger partial charge on any atom is 0.144 e. The van der Waals surface area contributed by atoms with E-state index in [4.69, 9.17) is 4.74 Å². The summed E-state index contributed by atoms with van der Waals surface area (Å²) >= 11 is 0. The molecule has 2 aromatic rings. The monoisotopic (exact) mass is 245 g/mol. The average Bonchev–Trinajstić information content (AvgIpc) is 2.71. The minimum absolute atomic E-state index is 0.819. The molecule has 96 valence electrons. The molecule has 0 fully saturated rings. The zero-order valence-corrected chi connectivity index (χ0v) is 11.3. The summed E-state index contributed by atoms with van der Waals surface area (Å²) in [6, 6.07) is 6.08. The van der Waals surface area contributed by atoms with Crippen molar-refractivity contribution in [3.63, 3.8) is 0 Å². The first kappa shape index (κ1) is 12.6. The summed E-state index contributed by atoms with van der Waals surface area (Å²) in [6.45, 7) is 4.90. The van der Waals surface area contributed by atoms with Crippen molar-refractivity contribution in [3.8, 4) is 11.4 Å². The second-order valence-electron chi connectivity index (χ2n) is 4.39. The Balaban J connectivity index is 2.47. The van der Waals surface area contributed by atoms with E-state index in [1.807, 2.05) is 37.0 Å². The Labute approximate surface area is 108 Å². The molecule has 0 aliphatic heterocycles. The highest BCUT2D eigenvalue weighted by Crippen LogP contribution is 2.24. The van der Waals surface area contributed by atoms with Crippen molar-refractivity contribution in [2.24, 2.45) is 0 Å². The number of nitrogens with one attached hydrogen (secondary N) is 1. The van der Waals surface area contributed by atoms with E-state index in [2.05, 4.69) is 23.4 Å². The summed E-state index contributed by atoms with van der Waals surface area (Å²) in [7, 11) is 3.61. The van der Waals surface area contributed by atoms with Crippen LogP contribution in [-0.2, 0) is 6.54 Å². The summed E-state index contributed by atoms with van der Waals surface area (Å²) in [5, 5.41) is 7.69. The van der Waals surface area contributed by atoms with Crippen molar-refractivity contribution in [3.05, 3.63) is 41.2 Å². The Bertz CT molecular complexity index is 546. The molecular formula is C14H19N3O. The number of aromatic nitrogens is 2. The SMILES string of the molecule is CNCc1cn(-c2cc(C)ccc2OC)nc1C. The number of aryl methyl sites for hydroxylation is 2. The van der Waals surface area contributed by atoms with Gasteiger partial charge in [0, 0.05) is 18.3 Å². The second kappa shape index (κ2) is 5.23. The Kier molecular flexibility index (Phi) is 3.67. The van der Waals surface area contributed by atoms with Gasteiger partial charge in [0.15, 0.2) is 0 Å². The highest BCUT2D eigenvalue weighted by molar-refractivity contribution is 5.48. The van der Waals surface area contributed by atoms with Crippen molar-refractivity contribution in [1.82, 2.24) is 15.1 Å². The summed E-state index contributed by atoms with van der Waals surface area (Å²) in [5.74, 6) is 0.833. The maximum atomic E-state index is 5.39. The molecule has 4 nitrogen and oxygen atoms in total. The summed E-state index contributed by atoms with van der Waals surface area (Å²) in [4.78, 5) is 0. The third kappa shape index (κ3) is 2.38. The highest BCUT2D eigenvalue weighted by atomic mass is 16.5. The summed E-state index contributed by atoms with van der Waals surface area (Å²) < 4.78 is 7.27. The molecule has 0 bridgehead atoms. The molecule has 0 atom stereocenters. The van der Waals surface area contributed by atoms with Crippen LogP contribution >= 0.6 is 0 Å². The lowest BCUT2D eigenvalue weighted by molar-refractivity contribution is 0.411. The third-order valence-corrected chi connectivity index (χ3v) is 2.95. The largest absolute Gasteiger partial charge is 0.494 e. The van der Waals surface area contributed by atoms with Gasteiger partial charge in [0.05, 0.1) is 12.8 Å². The van der Waals surface area contributed by atoms with E-state index in [0.29, 0.717) is 0 Å². The minimum Gasteiger partial charge on any atom is -0.494 e. The maximum absolute atomic E-state index is 5.39. The predicted molar refractivity (Wildman–Crippen MR) is 72.4 cm³/mol. The lowest BCUT2D eigenvalue weighted by atomic mass is 10.2. The standard InChI is InChI=1S/C14H19N3O/c1-10-5-6-14(18-4)13(7-10)17-9-12(8-15-3)11(2)16-17/h5-7,9,15H,8H2,1-4H3. The Hall–Kier alpha value is -1.81. The van der Waals surface area contributed by atoms with Crippen LogP contribution in [0.3, 0.4) is 0 Å². The molecule has 1 N–H and O–H groups in total. The Morgan fingerprint density at radius 1 is 1.33 bits per heavy atom. The number of nitrogens with zero attached hydrogens (tertiary/aromatic N) is 2. The van der Waals surface area contributed by atoms with Crippen LogP contribution in [0.15, 0.2) is 24.4 Å². The topological polar surface area (TPSA) is 39.1 Å². The van der Waals surface area contributed by atoms with E-state index in [9.17, 15) is 0 Å². The molecule has 2 rings (SSSR count). The highest BCUT2D eigenvalue weighted by Gasteiger charge is 2.10. The molecular weight excluding hydrogens is 226 g/mol. The quantitative estimate of drug-likeness (QED) is 0.897. The number of hydrogen-bond acceptors (Lipinski definition) is 3. The minimum atomic E-state index is 0.819. The van der Waals surface area contributed by atoms with Crippen molar-refractivity contribution in [2.75, 3.05) is 14.2 Å². The fourth-order valence-electron chi connectivity index (χ4n) is 1.96. The second-order valence-corrected chi connectivity index (χ2v) is 4.39. The van der Waals surface area contributed by atoms with Crippen LogP contribution in [0.2, 0.25) is 0 Å². The summed E-state index contributed by atoms with van der Waals surface area (Å²) in [6.07, 6.45) is 2.04. The van der Waals surface area contributed by atoms with Gasteiger partial charge in [-0.1, -0.05) is 6.07 Å². The van der Waals surface area contributed by atoms with Crippen LogP contribution < -0.4 is 10.1 Å². The molecule has 0 aliphatic carbocycles. The number of rotatable bonds is 4. The smallest absolute Gasteiger partial charge is 0.144 e. The van der Waals surface area contributed by atoms with Gasteiger partial charge in [0.1, 0.15) is 11.4 Å². The zero-order valence-electron chi connectivity index (χ0n) is 11.3. The van der Waals surface area contributed by atoms with Crippen molar-refractivity contribution >= 4 is 0 Å². The zero-order chi connectivity index (χ0) is 13.1. The number of hydrogen-bond donors (Lipinski definition) is 1. The van der Waals surface area contributed by atoms with Crippen LogP contribution in [0.4, 0.5) is 0 Å². The van der Waals surface area contributed by atoms with Crippen LogP contribution in [0.25, 0.3) is 5.69 Å². The molecule has 0 radical (unpaired) electrons. The van der Waals surface area contributed by atoms with Gasteiger partial charge in [0.2, 0.25) is 0 Å². The first-order valence-electron chi connectivity index (χ1n) is 6.00. The van der Waals surface area contributed by atoms with E-state index < -0.39 is 0 Å². The molecule has 0 saturated heterocycles. The van der Waals surface area contributed by atoms with E-state index in [1.165, 1.54) is 11.1 Å². The fraction of sp³-hybridized carbons (Fsp3) is 0.357. The van der Waals surface area contributed by atoms with Gasteiger partial charge in [-0.2, -0.15) is 5.10 Å². The molecule has 1 aromatic heterocycles. The molecule has 1 aromatic carbocycles. The molecule has 0 aliphatic rings. The van der Waals surface area contributed by atoms with Crippen molar-refractivity contribution in [1.29, 1.82) is 0 Å². The normalized spacial score (nSPS) is 10.7. The number of ether oxygens (including phenoxy) is 1. The third-order valence-electron chi connectivity index (χ3n) is 2.95. The summed E-state index contributed by atoms with van der Waals surface area (Å²) in [5.41, 5.74) is 4.39. The lowest BCUT2D eigenvalue weighted by Gasteiger charge is -2.09. The van der Waals surface area contributed by atoms with E-state index >= 15 is 0 Å². The van der Waals surface area contributed by atoms with Crippen LogP contribution in [0, 0.1) is 13.8 Å². The molecule has 0 spiro atoms. The van der Waals surface area contributed by atoms with Gasteiger partial charge < -0.3 is 10.1 Å². The first-order valence-corrected chi connectivity index (χ1v) is 6.00. The first-order chi connectivity index (χ1) is 8.65. The van der Waals surface area contributed by atoms with Crippen molar-refractivity contribution in [2.45, 2.75) is 20.4 Å². The molecule has 0 unspecified atom stereocenters. The molecule has 1 heterocycles. The van der Waals surface area contributed by atoms with Crippen LogP contribution in [-0.4, -0.2) is 23.9 Å². The lowest BCUT2D eigenvalue weighted by Crippen LogP contribution is -2.05. The fourth-order valence-corrected chi connectivity index (χ4v) is 1.96. The van der Waals surface area contributed by atoms with Gasteiger partial charge in [0.25, 0.3) is 0 Å². The Morgan fingerprint density at radius 3 is 2.78 bits per heavy atom. The van der Waals surface area contributed by atoms with Crippen molar-refractivity contribution < 1.29 is 4.74 Å². The van der Waals surface area contributed by atoms with Crippen LogP contribution in [0.1, 0.15) is 16.8 Å². The molecule has 18 heavy (non-hydrogen) atoms. The molecule has 0 saturated carbocycles. The average molecular weight is 245 g/mol. The van der Waals surface area contributed by atoms with E-state index in [1.54, 1.807) is 7.11 Å². The predicted octanol–water partition coefficient (Wildman–Crippen LogP) is 2.22. The Morgan fingerprint density at radius 2 is 2.11 bits per heavy atom. The van der Waals surface area contributed by atoms with E-state index in [-0.39, 0.29) is 0 Å². The number of benzene rings is 1. The van der Waals surface area contributed by atoms with Gasteiger partial charge in [-0.05, 0) is 38.6 Å². The van der Waals surface area contributed by atoms with Gasteiger partial charge in [-0.3, -0.25) is 0 Å². The molecule has 4 heteroatoms. The molecule has 0 amide bonds.